The van der Waals surface area contributed by atoms with E-state index in [0.717, 1.165) is 57.8 Å². The molecule has 6 amide bonds. The van der Waals surface area contributed by atoms with Crippen LogP contribution in [0.15, 0.2) is 0 Å². The first-order valence-corrected chi connectivity index (χ1v) is 21.5. The molecule has 10 N–H and O–H groups in total. The fourth-order valence-electron chi connectivity index (χ4n) is 6.44. The Hall–Kier alpha value is -3.38. The maximum absolute atomic E-state index is 13.4. The lowest BCUT2D eigenvalue weighted by Crippen LogP contribution is -2.56. The van der Waals surface area contributed by atoms with Gasteiger partial charge in [0.2, 0.25) is 39.7 Å². The molecule has 0 radical (unpaired) electrons. The van der Waals surface area contributed by atoms with Crippen molar-refractivity contribution in [2.24, 2.45) is 11.8 Å². The number of unbranched alkanes of at least 4 members (excludes halogenated alkanes) is 7. The number of ether oxygens (including phenoxy) is 1. The Morgan fingerprint density at radius 3 is 1.62 bits per heavy atom. The van der Waals surface area contributed by atoms with E-state index in [4.69, 9.17) is 9.03 Å². The van der Waals surface area contributed by atoms with E-state index in [0.29, 0.717) is 70.9 Å². The lowest BCUT2D eigenvalue weighted by molar-refractivity contribution is -0.135. The van der Waals surface area contributed by atoms with Crippen molar-refractivity contribution in [1.82, 2.24) is 31.9 Å². The van der Waals surface area contributed by atoms with Gasteiger partial charge in [-0.15, -0.1) is 0 Å². The van der Waals surface area contributed by atoms with Crippen LogP contribution in [0.25, 0.3) is 0 Å². The Morgan fingerprint density at radius 2 is 1.09 bits per heavy atom. The highest BCUT2D eigenvalue weighted by Crippen LogP contribution is 2.30. The van der Waals surface area contributed by atoms with E-state index < -0.39 is 48.4 Å². The monoisotopic (exact) mass is 835 g/mol. The zero-order chi connectivity index (χ0) is 45.3. The van der Waals surface area contributed by atoms with Crippen LogP contribution >= 0.6 is 0 Å². The van der Waals surface area contributed by atoms with Crippen molar-refractivity contribution >= 4 is 35.4 Å². The molecular weight excluding hydrogens is 752 g/mol. The molecule has 17 nitrogen and oxygen atoms in total. The summed E-state index contributed by atoms with van der Waals surface area (Å²) >= 11 is 0. The minimum atomic E-state index is -1.35. The Labute approximate surface area is 349 Å². The number of aliphatic hydroxyl groups is 4. The molecule has 58 heavy (non-hydrogen) atoms. The van der Waals surface area contributed by atoms with Crippen molar-refractivity contribution < 1.29 is 53.9 Å². The maximum atomic E-state index is 13.4. The van der Waals surface area contributed by atoms with Crippen LogP contribution in [0.1, 0.15) is 136 Å². The van der Waals surface area contributed by atoms with E-state index in [-0.39, 0.29) is 62.2 Å². The Bertz CT molecular complexity index is 1260. The summed E-state index contributed by atoms with van der Waals surface area (Å²) < 4.78 is 26.3. The first-order chi connectivity index (χ1) is 29.2. The Morgan fingerprint density at radius 1 is 0.603 bits per heavy atom. The third kappa shape index (κ3) is 25.2. The minimum absolute atomic E-state index is 0.0119. The quantitative estimate of drug-likeness (QED) is 0.0400. The zero-order valence-corrected chi connectivity index (χ0v) is 35.3. The van der Waals surface area contributed by atoms with Crippen LogP contribution in [-0.4, -0.2) is 137 Å². The topological polar surface area (TPSA) is 265 Å². The molecule has 2 unspecified atom stereocenters. The summed E-state index contributed by atoms with van der Waals surface area (Å²) in [7, 11) is 0. The largest absolute Gasteiger partial charge is 0.396 e. The summed E-state index contributed by atoms with van der Waals surface area (Å²) in [6.07, 6.45) is 9.47. The van der Waals surface area contributed by atoms with Crippen molar-refractivity contribution in [1.29, 1.82) is 4.29 Å². The number of hydrogen-bond acceptors (Lipinski definition) is 11. The molecule has 0 heterocycles. The van der Waals surface area contributed by atoms with Crippen molar-refractivity contribution in [3.8, 4) is 0 Å². The number of carbonyl (C=O) groups is 6. The molecule has 1 aliphatic rings. The van der Waals surface area contributed by atoms with Gasteiger partial charge in [0.25, 0.3) is 0 Å². The van der Waals surface area contributed by atoms with Gasteiger partial charge >= 0.3 is 0 Å². The molecule has 1 fully saturated rings. The van der Waals surface area contributed by atoms with Gasteiger partial charge in [0, 0.05) is 58.2 Å². The molecule has 3 atom stereocenters. The van der Waals surface area contributed by atoms with Gasteiger partial charge in [-0.3, -0.25) is 28.8 Å². The highest BCUT2D eigenvalue weighted by Gasteiger charge is 2.32. The van der Waals surface area contributed by atoms with Crippen LogP contribution in [-0.2, 0) is 33.5 Å². The molecular formula is C41H76N6O11. The highest BCUT2D eigenvalue weighted by molar-refractivity contribution is 5.93. The van der Waals surface area contributed by atoms with Crippen molar-refractivity contribution in [3.63, 3.8) is 0 Å². The summed E-state index contributed by atoms with van der Waals surface area (Å²) in [4.78, 5) is 79.2. The molecule has 1 saturated carbocycles. The van der Waals surface area contributed by atoms with E-state index in [9.17, 15) is 33.9 Å². The van der Waals surface area contributed by atoms with E-state index in [1.165, 1.54) is 0 Å². The second-order valence-corrected chi connectivity index (χ2v) is 16.2. The van der Waals surface area contributed by atoms with Crippen molar-refractivity contribution in [2.75, 3.05) is 52.7 Å². The molecule has 0 aromatic carbocycles. The number of nitrogens with one attached hydrogen (secondary N) is 6. The third-order valence-corrected chi connectivity index (χ3v) is 10.0. The van der Waals surface area contributed by atoms with Gasteiger partial charge in [-0.2, -0.15) is 0 Å². The van der Waals surface area contributed by atoms with Gasteiger partial charge < -0.3 is 57.1 Å². The van der Waals surface area contributed by atoms with Gasteiger partial charge in [0.05, 0.1) is 18.8 Å². The van der Waals surface area contributed by atoms with Gasteiger partial charge in [-0.05, 0) is 104 Å². The molecule has 0 aromatic heterocycles. The summed E-state index contributed by atoms with van der Waals surface area (Å²) in [6.45, 7) is 7.68. The molecule has 1 rings (SSSR count). The lowest BCUT2D eigenvalue weighted by atomic mass is 9.82. The van der Waals surface area contributed by atoms with E-state index in [1.807, 2.05) is 20.8 Å². The van der Waals surface area contributed by atoms with E-state index in [1.54, 1.807) is 0 Å². The zero-order valence-electron chi connectivity index (χ0n) is 38.3. The second-order valence-electron chi connectivity index (χ2n) is 16.2. The van der Waals surface area contributed by atoms with E-state index in [2.05, 4.69) is 47.2 Å². The first kappa shape index (κ1) is 47.3. The molecule has 0 spiro atoms. The average Bonchev–Trinajstić information content (AvgIpc) is 3.23. The fraction of sp³-hybridized carbons (Fsp3) is 0.854. The summed E-state index contributed by atoms with van der Waals surface area (Å²) in [5.41, 5.74) is -0.259. The van der Waals surface area contributed by atoms with Gasteiger partial charge in [-0.1, -0.05) is 25.7 Å². The molecule has 336 valence electrons. The van der Waals surface area contributed by atoms with Gasteiger partial charge in [0.15, 0.2) is 0 Å². The fourth-order valence-corrected chi connectivity index (χ4v) is 6.44. The summed E-state index contributed by atoms with van der Waals surface area (Å²) in [5.74, 6) is -3.15. The predicted molar refractivity (Wildman–Crippen MR) is 219 cm³/mol. The standard InChI is InChI=1S/C41H76N6O11/c1-41(2,3)58-29-30-14-16-31(17-15-30)37(54)47-34(28-51)40(57)46-33(39(56)44-24-10-13-27-50)19-21-36(53)45-32(38(55)43-23-9-5-7-12-26-49)18-20-35(52)42-22-8-4-6-11-25-48/h30-34,48-51H,4-29H2,1-3H3,(H,42,52)(H,43,55)(H,44,56)(H,45,53)(H,46,57)(H,47,54)/t30?,31?,32?,33?,34-/m1/s1/i48T,49T,50T. The van der Waals surface area contributed by atoms with Crippen LogP contribution in [0.4, 0.5) is 0 Å². The van der Waals surface area contributed by atoms with Crippen LogP contribution in [0.5, 0.6) is 0 Å². The molecule has 0 saturated heterocycles. The van der Waals surface area contributed by atoms with Crippen LogP contribution < -0.4 is 31.9 Å². The van der Waals surface area contributed by atoms with Crippen LogP contribution in [0.2, 0.25) is 0 Å². The highest BCUT2D eigenvalue weighted by atomic mass is 16.5. The normalized spacial score (nSPS) is 17.7. The summed E-state index contributed by atoms with van der Waals surface area (Å²) in [5, 5.41) is 39.3. The molecule has 0 aromatic rings. The average molecular weight is 835 g/mol. The van der Waals surface area contributed by atoms with Gasteiger partial charge in [-0.25, -0.2) is 0 Å². The van der Waals surface area contributed by atoms with Crippen molar-refractivity contribution in [2.45, 2.75) is 160 Å². The molecule has 0 bridgehead atoms. The maximum Gasteiger partial charge on any atom is 0.245 e. The molecule has 0 aliphatic heterocycles. The smallest absolute Gasteiger partial charge is 0.245 e. The first-order valence-electron chi connectivity index (χ1n) is 22.7. The number of amides is 6. The van der Waals surface area contributed by atoms with Crippen LogP contribution in [0.3, 0.4) is 0 Å². The van der Waals surface area contributed by atoms with Gasteiger partial charge in [0.1, 0.15) is 18.1 Å². The third-order valence-electron chi connectivity index (χ3n) is 10.0. The summed E-state index contributed by atoms with van der Waals surface area (Å²) in [6, 6.07) is -3.65. The molecule has 17 heteroatoms. The number of hydrogen-bond donors (Lipinski definition) is 10. The minimum Gasteiger partial charge on any atom is -0.396 e. The van der Waals surface area contributed by atoms with Crippen molar-refractivity contribution in [3.05, 3.63) is 0 Å². The number of aliphatic hydroxyl groups excluding tert-OH is 4. The predicted octanol–water partition coefficient (Wildman–Crippen LogP) is 0.842. The van der Waals surface area contributed by atoms with Crippen LogP contribution in [0, 0.1) is 11.8 Å². The SMILES string of the molecule is [3H]OCCCCCCNC(=O)CCC(NC(=O)CCC(NC(=O)[C@@H](CO)NC(=O)C1CCC(COC(C)(C)C)CC1)C(=O)NCCCCO[3H])C(=O)NCCCCCCO[3H]. The lowest BCUT2D eigenvalue weighted by Gasteiger charge is -2.31. The second kappa shape index (κ2) is 31.5. The Balaban J connectivity index is 2.92. The molecule has 1 aliphatic carbocycles. The Kier molecular flexibility index (Phi) is 25.7. The van der Waals surface area contributed by atoms with E-state index >= 15 is 0 Å². The number of carbonyl (C=O) groups excluding carboxylic acids is 6. The number of rotatable bonds is 35.